The molecule has 1 aliphatic rings. The highest BCUT2D eigenvalue weighted by Gasteiger charge is 2.34. The number of likely N-dealkylation sites (N-methyl/N-ethyl adjacent to an activating group) is 1. The van der Waals surface area contributed by atoms with Crippen LogP contribution in [0, 0.1) is 11.7 Å². The molecule has 1 aromatic heterocycles. The largest absolute Gasteiger partial charge is 0.487 e. The highest BCUT2D eigenvalue weighted by molar-refractivity contribution is 6.05. The maximum absolute atomic E-state index is 13.6. The minimum absolute atomic E-state index is 0.184. The Balaban J connectivity index is 1.58. The van der Waals surface area contributed by atoms with Gasteiger partial charge in [-0.05, 0) is 61.5 Å². The van der Waals surface area contributed by atoms with Crippen LogP contribution in [0.15, 0.2) is 67.0 Å². The number of benzene rings is 2. The van der Waals surface area contributed by atoms with Crippen molar-refractivity contribution in [3.8, 4) is 5.75 Å². The SMILES string of the molecule is C[C@@H]1CN([C@@H](C)CO)C(=O)c2cc(NC(=O)c3ccncc3)ccc2O[C@H]1CN(C)C(=O)Nc1ccc(F)cc1. The van der Waals surface area contributed by atoms with E-state index in [1.54, 1.807) is 49.2 Å². The number of aliphatic hydroxyl groups excluding tert-OH is 1. The van der Waals surface area contributed by atoms with Crippen molar-refractivity contribution in [2.45, 2.75) is 26.0 Å². The second kappa shape index (κ2) is 12.6. The van der Waals surface area contributed by atoms with E-state index in [0.29, 0.717) is 22.7 Å². The van der Waals surface area contributed by atoms with Crippen molar-refractivity contribution in [2.75, 3.05) is 37.4 Å². The molecule has 0 fully saturated rings. The molecule has 1 aliphatic heterocycles. The Labute approximate surface area is 231 Å². The minimum Gasteiger partial charge on any atom is -0.487 e. The Morgan fingerprint density at radius 2 is 1.80 bits per heavy atom. The van der Waals surface area contributed by atoms with E-state index in [4.69, 9.17) is 4.74 Å². The number of amides is 4. The van der Waals surface area contributed by atoms with Gasteiger partial charge in [0.2, 0.25) is 0 Å². The maximum Gasteiger partial charge on any atom is 0.321 e. The Kier molecular flexibility index (Phi) is 8.95. The number of urea groups is 1. The van der Waals surface area contributed by atoms with Gasteiger partial charge in [0.1, 0.15) is 17.7 Å². The Morgan fingerprint density at radius 1 is 1.12 bits per heavy atom. The smallest absolute Gasteiger partial charge is 0.321 e. The molecule has 3 atom stereocenters. The maximum atomic E-state index is 13.6. The van der Waals surface area contributed by atoms with Crippen LogP contribution in [0.25, 0.3) is 0 Å². The molecule has 4 amide bonds. The average molecular weight is 550 g/mol. The normalized spacial score (nSPS) is 17.5. The molecule has 2 heterocycles. The van der Waals surface area contributed by atoms with Gasteiger partial charge in [0, 0.05) is 48.8 Å². The summed E-state index contributed by atoms with van der Waals surface area (Å²) in [6.45, 7) is 3.88. The standard InChI is InChI=1S/C29H32FN5O5/c1-18-15-35(19(2)17-36)28(38)24-14-23(32-27(37)20-10-12-31-13-11-20)8-9-25(24)40-26(18)16-34(3)29(39)33-22-6-4-21(30)5-7-22/h4-14,18-19,26,36H,15-17H2,1-3H3,(H,32,37)(H,33,39)/t18-,19+,26+/m1/s1. The second-order valence-corrected chi connectivity index (χ2v) is 9.84. The molecular formula is C29H32FN5O5. The van der Waals surface area contributed by atoms with Crippen LogP contribution in [0.1, 0.15) is 34.6 Å². The number of ether oxygens (including phenoxy) is 1. The lowest BCUT2D eigenvalue weighted by molar-refractivity contribution is 0.0371. The summed E-state index contributed by atoms with van der Waals surface area (Å²) in [5.74, 6) is -1.02. The molecule has 210 valence electrons. The van der Waals surface area contributed by atoms with Crippen molar-refractivity contribution in [3.05, 3.63) is 83.9 Å². The van der Waals surface area contributed by atoms with Crippen molar-refractivity contribution in [3.63, 3.8) is 0 Å². The molecule has 0 bridgehead atoms. The number of pyridine rings is 1. The zero-order valence-electron chi connectivity index (χ0n) is 22.5. The molecule has 0 unspecified atom stereocenters. The number of carbonyl (C=O) groups is 3. The predicted octanol–water partition coefficient (Wildman–Crippen LogP) is 3.86. The first-order valence-electron chi connectivity index (χ1n) is 12.9. The monoisotopic (exact) mass is 549 g/mol. The van der Waals surface area contributed by atoms with E-state index in [9.17, 15) is 23.9 Å². The molecule has 0 aliphatic carbocycles. The number of halogens is 1. The van der Waals surface area contributed by atoms with Crippen molar-refractivity contribution >= 4 is 29.2 Å². The zero-order valence-corrected chi connectivity index (χ0v) is 22.5. The van der Waals surface area contributed by atoms with E-state index in [0.717, 1.165) is 0 Å². The van der Waals surface area contributed by atoms with Gasteiger partial charge in [-0.25, -0.2) is 9.18 Å². The van der Waals surface area contributed by atoms with Crippen molar-refractivity contribution in [1.82, 2.24) is 14.8 Å². The van der Waals surface area contributed by atoms with Crippen LogP contribution in [0.5, 0.6) is 5.75 Å². The zero-order chi connectivity index (χ0) is 28.8. The molecule has 0 saturated heterocycles. The molecule has 4 rings (SSSR count). The third-order valence-corrected chi connectivity index (χ3v) is 6.76. The number of hydrogen-bond acceptors (Lipinski definition) is 6. The lowest BCUT2D eigenvalue weighted by atomic mass is 9.99. The summed E-state index contributed by atoms with van der Waals surface area (Å²) < 4.78 is 19.5. The summed E-state index contributed by atoms with van der Waals surface area (Å²) in [6, 6.07) is 12.5. The average Bonchev–Trinajstić information content (AvgIpc) is 2.96. The summed E-state index contributed by atoms with van der Waals surface area (Å²) >= 11 is 0. The van der Waals surface area contributed by atoms with Crippen LogP contribution >= 0.6 is 0 Å². The van der Waals surface area contributed by atoms with Crippen molar-refractivity contribution < 1.29 is 28.6 Å². The highest BCUT2D eigenvalue weighted by atomic mass is 19.1. The number of rotatable bonds is 7. The third kappa shape index (κ3) is 6.73. The third-order valence-electron chi connectivity index (χ3n) is 6.76. The number of nitrogens with one attached hydrogen (secondary N) is 2. The fourth-order valence-corrected chi connectivity index (χ4v) is 4.33. The number of anilines is 2. The number of aromatic nitrogens is 1. The van der Waals surface area contributed by atoms with Crippen LogP contribution in [-0.4, -0.2) is 76.6 Å². The van der Waals surface area contributed by atoms with Gasteiger partial charge in [-0.2, -0.15) is 0 Å². The Hall–Kier alpha value is -4.51. The molecule has 0 spiro atoms. The Morgan fingerprint density at radius 3 is 2.48 bits per heavy atom. The van der Waals surface area contributed by atoms with Crippen molar-refractivity contribution in [1.29, 1.82) is 0 Å². The van der Waals surface area contributed by atoms with Crippen LogP contribution in [0.3, 0.4) is 0 Å². The van der Waals surface area contributed by atoms with Gasteiger partial charge in [-0.15, -0.1) is 0 Å². The molecule has 0 radical (unpaired) electrons. The molecule has 11 heteroatoms. The van der Waals surface area contributed by atoms with Crippen LogP contribution in [0.4, 0.5) is 20.6 Å². The molecule has 2 aromatic carbocycles. The number of hydrogen-bond donors (Lipinski definition) is 3. The molecule has 40 heavy (non-hydrogen) atoms. The van der Waals surface area contributed by atoms with Gasteiger partial charge >= 0.3 is 6.03 Å². The van der Waals surface area contributed by atoms with Gasteiger partial charge in [0.15, 0.2) is 0 Å². The molecule has 0 saturated carbocycles. The summed E-state index contributed by atoms with van der Waals surface area (Å²) in [7, 11) is 1.62. The van der Waals surface area contributed by atoms with Crippen molar-refractivity contribution in [2.24, 2.45) is 5.92 Å². The molecule has 10 nitrogen and oxygen atoms in total. The summed E-state index contributed by atoms with van der Waals surface area (Å²) in [5, 5.41) is 15.4. The van der Waals surface area contributed by atoms with Gasteiger partial charge in [-0.3, -0.25) is 14.6 Å². The van der Waals surface area contributed by atoms with Crippen LogP contribution in [-0.2, 0) is 0 Å². The number of fused-ring (bicyclic) bond motifs is 1. The second-order valence-electron chi connectivity index (χ2n) is 9.84. The van der Waals surface area contributed by atoms with E-state index < -0.39 is 24.0 Å². The summed E-state index contributed by atoms with van der Waals surface area (Å²) in [6.07, 6.45) is 2.51. The van der Waals surface area contributed by atoms with Gasteiger partial charge in [-0.1, -0.05) is 6.92 Å². The van der Waals surface area contributed by atoms with E-state index in [-0.39, 0.29) is 43.0 Å². The highest BCUT2D eigenvalue weighted by Crippen LogP contribution is 2.31. The number of aliphatic hydroxyl groups is 1. The first-order chi connectivity index (χ1) is 19.2. The number of nitrogens with zero attached hydrogens (tertiary/aromatic N) is 3. The van der Waals surface area contributed by atoms with E-state index in [1.807, 2.05) is 6.92 Å². The fraction of sp³-hybridized carbons (Fsp3) is 0.310. The van der Waals surface area contributed by atoms with Crippen LogP contribution in [0.2, 0.25) is 0 Å². The lowest BCUT2D eigenvalue weighted by Gasteiger charge is -2.38. The quantitative estimate of drug-likeness (QED) is 0.411. The first kappa shape index (κ1) is 28.5. The minimum atomic E-state index is -0.513. The van der Waals surface area contributed by atoms with Gasteiger partial charge in [0.25, 0.3) is 11.8 Å². The molecular weight excluding hydrogens is 517 g/mol. The van der Waals surface area contributed by atoms with E-state index in [1.165, 1.54) is 41.6 Å². The van der Waals surface area contributed by atoms with Gasteiger partial charge < -0.3 is 30.3 Å². The first-order valence-corrected chi connectivity index (χ1v) is 12.9. The molecule has 3 aromatic rings. The predicted molar refractivity (Wildman–Crippen MR) is 148 cm³/mol. The van der Waals surface area contributed by atoms with Crippen LogP contribution < -0.4 is 15.4 Å². The lowest BCUT2D eigenvalue weighted by Crippen LogP contribution is -2.50. The number of carbonyl (C=O) groups excluding carboxylic acids is 3. The Bertz CT molecular complexity index is 1350. The van der Waals surface area contributed by atoms with E-state index >= 15 is 0 Å². The van der Waals surface area contributed by atoms with E-state index in [2.05, 4.69) is 15.6 Å². The topological polar surface area (TPSA) is 124 Å². The van der Waals surface area contributed by atoms with Gasteiger partial charge in [0.05, 0.1) is 24.8 Å². The fourth-order valence-electron chi connectivity index (χ4n) is 4.33. The molecule has 3 N–H and O–H groups in total. The summed E-state index contributed by atoms with van der Waals surface area (Å²) in [5.41, 5.74) is 1.49. The summed E-state index contributed by atoms with van der Waals surface area (Å²) in [4.78, 5) is 46.1.